The van der Waals surface area contributed by atoms with Crippen LogP contribution in [0.25, 0.3) is 0 Å². The molecular weight excluding hydrogens is 286 g/mol. The first-order valence-electron chi connectivity index (χ1n) is 6.74. The molecule has 1 aromatic rings. The summed E-state index contributed by atoms with van der Waals surface area (Å²) >= 11 is 5.52. The van der Waals surface area contributed by atoms with Gasteiger partial charge in [0.05, 0.1) is 10.6 Å². The van der Waals surface area contributed by atoms with E-state index in [4.69, 9.17) is 11.6 Å². The maximum absolute atomic E-state index is 13.9. The first-order chi connectivity index (χ1) is 9.58. The van der Waals surface area contributed by atoms with E-state index in [9.17, 15) is 13.6 Å². The Hall–Kier alpha value is -1.20. The number of likely N-dealkylation sites (tertiary alicyclic amines) is 1. The molecule has 1 aromatic carbocycles. The van der Waals surface area contributed by atoms with E-state index in [0.717, 1.165) is 31.5 Å². The first-order valence-corrected chi connectivity index (χ1v) is 7.12. The van der Waals surface area contributed by atoms with Gasteiger partial charge in [0, 0.05) is 25.7 Å². The summed E-state index contributed by atoms with van der Waals surface area (Å²) in [5.74, 6) is -1.58. The van der Waals surface area contributed by atoms with Crippen molar-refractivity contribution in [2.24, 2.45) is 5.92 Å². The minimum absolute atomic E-state index is 0.0781. The van der Waals surface area contributed by atoms with Crippen molar-refractivity contribution in [3.63, 3.8) is 0 Å². The van der Waals surface area contributed by atoms with Gasteiger partial charge in [-0.2, -0.15) is 0 Å². The number of carbonyl (C=O) groups is 1. The van der Waals surface area contributed by atoms with Crippen LogP contribution in [-0.4, -0.2) is 36.5 Å². The van der Waals surface area contributed by atoms with E-state index in [1.54, 1.807) is 4.90 Å². The number of nitrogens with zero attached hydrogens (tertiary/aromatic N) is 1. The van der Waals surface area contributed by atoms with E-state index in [2.05, 4.69) is 5.32 Å². The van der Waals surface area contributed by atoms with Crippen LogP contribution in [0.1, 0.15) is 23.2 Å². The van der Waals surface area contributed by atoms with Crippen molar-refractivity contribution in [3.05, 3.63) is 34.4 Å². The van der Waals surface area contributed by atoms with Crippen LogP contribution in [-0.2, 0) is 0 Å². The molecule has 3 nitrogen and oxygen atoms in total. The molecule has 2 aliphatic rings. The Morgan fingerprint density at radius 2 is 2.10 bits per heavy atom. The summed E-state index contributed by atoms with van der Waals surface area (Å²) in [7, 11) is 0. The van der Waals surface area contributed by atoms with Gasteiger partial charge in [-0.15, -0.1) is 0 Å². The van der Waals surface area contributed by atoms with Crippen LogP contribution in [0, 0.1) is 17.6 Å². The fourth-order valence-corrected chi connectivity index (χ4v) is 3.31. The quantitative estimate of drug-likeness (QED) is 0.808. The third-order valence-electron chi connectivity index (χ3n) is 4.18. The SMILES string of the molecule is O=C(c1cc(F)c(Cl)cc1F)N1CCCC2CNCC21. The summed E-state index contributed by atoms with van der Waals surface area (Å²) in [6.45, 7) is 2.19. The number of amides is 1. The van der Waals surface area contributed by atoms with Gasteiger partial charge in [0.2, 0.25) is 0 Å². The standard InChI is InChI=1S/C14H15ClF2N2O/c15-10-5-11(16)9(4-12(10)17)14(20)19-3-1-2-8-6-18-7-13(8)19/h4-5,8,13,18H,1-3,6-7H2. The zero-order chi connectivity index (χ0) is 14.3. The first kappa shape index (κ1) is 13.8. The van der Waals surface area contributed by atoms with Gasteiger partial charge in [0.15, 0.2) is 0 Å². The van der Waals surface area contributed by atoms with E-state index >= 15 is 0 Å². The topological polar surface area (TPSA) is 32.3 Å². The number of hydrogen-bond donors (Lipinski definition) is 1. The van der Waals surface area contributed by atoms with Crippen LogP contribution in [0.15, 0.2) is 12.1 Å². The lowest BCUT2D eigenvalue weighted by Crippen LogP contribution is -2.48. The summed E-state index contributed by atoms with van der Waals surface area (Å²) in [6.07, 6.45) is 1.96. The molecule has 3 rings (SSSR count). The van der Waals surface area contributed by atoms with Crippen LogP contribution in [0.2, 0.25) is 5.02 Å². The third-order valence-corrected chi connectivity index (χ3v) is 4.47. The minimum atomic E-state index is -0.769. The fourth-order valence-electron chi connectivity index (χ4n) is 3.16. The lowest BCUT2D eigenvalue weighted by molar-refractivity contribution is 0.0569. The maximum atomic E-state index is 13.9. The summed E-state index contributed by atoms with van der Waals surface area (Å²) in [5.41, 5.74) is -0.237. The lowest BCUT2D eigenvalue weighted by atomic mass is 9.91. The largest absolute Gasteiger partial charge is 0.334 e. The van der Waals surface area contributed by atoms with Gasteiger partial charge in [0.1, 0.15) is 11.6 Å². The molecule has 0 spiro atoms. The van der Waals surface area contributed by atoms with Gasteiger partial charge in [0.25, 0.3) is 5.91 Å². The molecular formula is C14H15ClF2N2O. The van der Waals surface area contributed by atoms with Crippen molar-refractivity contribution in [1.82, 2.24) is 10.2 Å². The molecule has 2 fully saturated rings. The van der Waals surface area contributed by atoms with Crippen LogP contribution in [0.5, 0.6) is 0 Å². The van der Waals surface area contributed by atoms with Crippen LogP contribution >= 0.6 is 11.6 Å². The minimum Gasteiger partial charge on any atom is -0.334 e. The summed E-state index contributed by atoms with van der Waals surface area (Å²) in [6, 6.07) is 1.83. The molecule has 1 N–H and O–H groups in total. The summed E-state index contributed by atoms with van der Waals surface area (Å²) in [4.78, 5) is 14.1. The Bertz CT molecular complexity index is 552. The molecule has 0 radical (unpaired) electrons. The lowest BCUT2D eigenvalue weighted by Gasteiger charge is -2.37. The number of hydrogen-bond acceptors (Lipinski definition) is 2. The molecule has 2 aliphatic heterocycles. The number of rotatable bonds is 1. The van der Waals surface area contributed by atoms with E-state index < -0.39 is 17.5 Å². The molecule has 2 saturated heterocycles. The Kier molecular flexibility index (Phi) is 3.65. The predicted molar refractivity (Wildman–Crippen MR) is 71.8 cm³/mol. The van der Waals surface area contributed by atoms with Crippen LogP contribution in [0.4, 0.5) is 8.78 Å². The Balaban J connectivity index is 1.90. The second-order valence-electron chi connectivity index (χ2n) is 5.37. The molecule has 2 unspecified atom stereocenters. The highest BCUT2D eigenvalue weighted by atomic mass is 35.5. The van der Waals surface area contributed by atoms with Gasteiger partial charge in [-0.3, -0.25) is 4.79 Å². The fraction of sp³-hybridized carbons (Fsp3) is 0.500. The van der Waals surface area contributed by atoms with Crippen molar-refractivity contribution in [2.45, 2.75) is 18.9 Å². The summed E-state index contributed by atoms with van der Waals surface area (Å²) in [5, 5.41) is 2.95. The van der Waals surface area contributed by atoms with E-state index in [1.165, 1.54) is 0 Å². The number of piperidine rings is 1. The summed E-state index contributed by atoms with van der Waals surface area (Å²) < 4.78 is 27.3. The zero-order valence-electron chi connectivity index (χ0n) is 10.8. The second kappa shape index (κ2) is 5.30. The van der Waals surface area contributed by atoms with E-state index in [0.29, 0.717) is 19.0 Å². The molecule has 0 saturated carbocycles. The second-order valence-corrected chi connectivity index (χ2v) is 5.78. The van der Waals surface area contributed by atoms with Crippen molar-refractivity contribution in [1.29, 1.82) is 0 Å². The van der Waals surface area contributed by atoms with Gasteiger partial charge < -0.3 is 10.2 Å². The van der Waals surface area contributed by atoms with Crippen LogP contribution in [0.3, 0.4) is 0 Å². The number of carbonyl (C=O) groups excluding carboxylic acids is 1. The van der Waals surface area contributed by atoms with Crippen LogP contribution < -0.4 is 5.32 Å². The number of halogens is 3. The highest BCUT2D eigenvalue weighted by Crippen LogP contribution is 2.29. The van der Waals surface area contributed by atoms with Gasteiger partial charge in [-0.25, -0.2) is 8.78 Å². The Morgan fingerprint density at radius 3 is 2.90 bits per heavy atom. The number of fused-ring (bicyclic) bond motifs is 1. The molecule has 0 bridgehead atoms. The molecule has 0 aromatic heterocycles. The average molecular weight is 301 g/mol. The average Bonchev–Trinajstić information content (AvgIpc) is 2.90. The molecule has 108 valence electrons. The van der Waals surface area contributed by atoms with Crippen molar-refractivity contribution < 1.29 is 13.6 Å². The Labute approximate surface area is 120 Å². The molecule has 0 aliphatic carbocycles. The van der Waals surface area contributed by atoms with Crippen molar-refractivity contribution in [2.75, 3.05) is 19.6 Å². The van der Waals surface area contributed by atoms with Gasteiger partial charge in [-0.1, -0.05) is 11.6 Å². The molecule has 2 atom stereocenters. The van der Waals surface area contributed by atoms with Gasteiger partial charge in [-0.05, 0) is 30.9 Å². The van der Waals surface area contributed by atoms with E-state index in [-0.39, 0.29) is 16.6 Å². The predicted octanol–water partition coefficient (Wildman–Crippen LogP) is 2.44. The van der Waals surface area contributed by atoms with Crippen molar-refractivity contribution in [3.8, 4) is 0 Å². The highest BCUT2D eigenvalue weighted by Gasteiger charge is 2.38. The van der Waals surface area contributed by atoms with Crippen molar-refractivity contribution >= 4 is 17.5 Å². The molecule has 20 heavy (non-hydrogen) atoms. The maximum Gasteiger partial charge on any atom is 0.257 e. The number of benzene rings is 1. The molecule has 6 heteroatoms. The van der Waals surface area contributed by atoms with Gasteiger partial charge >= 0.3 is 0 Å². The monoisotopic (exact) mass is 300 g/mol. The third kappa shape index (κ3) is 2.29. The normalized spacial score (nSPS) is 25.6. The zero-order valence-corrected chi connectivity index (χ0v) is 11.6. The molecule has 1 amide bonds. The smallest absolute Gasteiger partial charge is 0.257 e. The molecule has 2 heterocycles. The van der Waals surface area contributed by atoms with E-state index in [1.807, 2.05) is 0 Å². The highest BCUT2D eigenvalue weighted by molar-refractivity contribution is 6.30. The Morgan fingerprint density at radius 1 is 1.30 bits per heavy atom. The number of nitrogens with one attached hydrogen (secondary N) is 1.